The van der Waals surface area contributed by atoms with Crippen molar-refractivity contribution in [2.45, 2.75) is 57.8 Å². The minimum absolute atomic E-state index is 0.0596. The third kappa shape index (κ3) is 2.65. The number of hydrogen-bond acceptors (Lipinski definition) is 4. The summed E-state index contributed by atoms with van der Waals surface area (Å²) in [6.45, 7) is 3.26. The number of aliphatic carboxylic acids is 1. The summed E-state index contributed by atoms with van der Waals surface area (Å²) in [5.41, 5.74) is 0.684. The maximum Gasteiger partial charge on any atom is 0.307 e. The number of piperidine rings is 1. The molecule has 5 nitrogen and oxygen atoms in total. The summed E-state index contributed by atoms with van der Waals surface area (Å²) in [4.78, 5) is 31.6. The van der Waals surface area contributed by atoms with Crippen LogP contribution in [0.5, 0.6) is 0 Å². The molecular formula is C18H24N2O3S. The average Bonchev–Trinajstić information content (AvgIpc) is 2.95. The van der Waals surface area contributed by atoms with E-state index in [1.54, 1.807) is 11.3 Å². The van der Waals surface area contributed by atoms with Crippen LogP contribution in [-0.2, 0) is 4.79 Å². The molecule has 2 atom stereocenters. The molecule has 2 heterocycles. The number of rotatable bonds is 3. The zero-order valence-corrected chi connectivity index (χ0v) is 14.9. The van der Waals surface area contributed by atoms with E-state index < -0.39 is 5.97 Å². The van der Waals surface area contributed by atoms with Gasteiger partial charge in [0.15, 0.2) is 0 Å². The van der Waals surface area contributed by atoms with Crippen LogP contribution in [0.3, 0.4) is 0 Å². The van der Waals surface area contributed by atoms with Gasteiger partial charge in [0.05, 0.1) is 16.6 Å². The summed E-state index contributed by atoms with van der Waals surface area (Å²) < 4.78 is 0. The fourth-order valence-corrected chi connectivity index (χ4v) is 5.79. The second-order valence-electron chi connectivity index (χ2n) is 7.74. The van der Waals surface area contributed by atoms with Crippen LogP contribution in [0.4, 0.5) is 0 Å². The molecule has 0 bridgehead atoms. The monoisotopic (exact) mass is 348 g/mol. The molecule has 130 valence electrons. The first kappa shape index (κ1) is 16.1. The van der Waals surface area contributed by atoms with Gasteiger partial charge in [-0.15, -0.1) is 11.3 Å². The van der Waals surface area contributed by atoms with E-state index in [2.05, 4.69) is 4.98 Å². The molecule has 2 saturated carbocycles. The Balaban J connectivity index is 1.50. The summed E-state index contributed by atoms with van der Waals surface area (Å²) in [6.07, 6.45) is 7.46. The summed E-state index contributed by atoms with van der Waals surface area (Å²) >= 11 is 1.57. The zero-order valence-electron chi connectivity index (χ0n) is 14.1. The molecule has 0 radical (unpaired) electrons. The molecule has 6 heteroatoms. The Hall–Kier alpha value is -1.43. The van der Waals surface area contributed by atoms with Crippen LogP contribution in [0.15, 0.2) is 0 Å². The van der Waals surface area contributed by atoms with Crippen molar-refractivity contribution < 1.29 is 14.7 Å². The Kier molecular flexibility index (Phi) is 3.90. The maximum atomic E-state index is 13.0. The Morgan fingerprint density at radius 2 is 2.04 bits per heavy atom. The number of aromatic nitrogens is 1. The highest BCUT2D eigenvalue weighted by molar-refractivity contribution is 7.13. The van der Waals surface area contributed by atoms with Crippen LogP contribution < -0.4 is 0 Å². The molecule has 4 rings (SSSR count). The predicted octanol–water partition coefficient (Wildman–Crippen LogP) is 3.44. The number of carboxylic acid groups (broad SMARTS) is 1. The van der Waals surface area contributed by atoms with Crippen LogP contribution in [0.2, 0.25) is 0 Å². The first-order chi connectivity index (χ1) is 11.5. The number of carbonyl (C=O) groups is 2. The largest absolute Gasteiger partial charge is 0.481 e. The molecule has 1 aliphatic heterocycles. The fourth-order valence-electron chi connectivity index (χ4n) is 4.59. The average molecular weight is 348 g/mol. The Morgan fingerprint density at radius 3 is 2.71 bits per heavy atom. The van der Waals surface area contributed by atoms with Gasteiger partial charge in [0, 0.05) is 24.4 Å². The highest BCUT2D eigenvalue weighted by Crippen LogP contribution is 2.58. The second-order valence-corrected chi connectivity index (χ2v) is 8.77. The van der Waals surface area contributed by atoms with Crippen molar-refractivity contribution in [3.05, 3.63) is 15.6 Å². The molecule has 1 N–H and O–H groups in total. The van der Waals surface area contributed by atoms with Gasteiger partial charge in [0.25, 0.3) is 5.91 Å². The number of hydrogen-bond donors (Lipinski definition) is 1. The van der Waals surface area contributed by atoms with Gasteiger partial charge in [-0.25, -0.2) is 4.98 Å². The molecule has 2 aliphatic carbocycles. The predicted molar refractivity (Wildman–Crippen MR) is 91.4 cm³/mol. The van der Waals surface area contributed by atoms with Gasteiger partial charge < -0.3 is 10.0 Å². The zero-order chi connectivity index (χ0) is 16.9. The van der Waals surface area contributed by atoms with Crippen molar-refractivity contribution in [3.8, 4) is 0 Å². The molecular weight excluding hydrogens is 324 g/mol. The van der Waals surface area contributed by atoms with E-state index in [1.807, 2.05) is 11.8 Å². The van der Waals surface area contributed by atoms with Crippen LogP contribution >= 0.6 is 11.3 Å². The van der Waals surface area contributed by atoms with E-state index in [-0.39, 0.29) is 17.2 Å². The summed E-state index contributed by atoms with van der Waals surface area (Å²) in [6, 6.07) is 0. The highest BCUT2D eigenvalue weighted by atomic mass is 32.1. The SMILES string of the molecule is Cc1nc(C2CCCC2)sc1C(=O)N1CCCC2(CC2C(=O)O)C1. The van der Waals surface area contributed by atoms with E-state index in [1.165, 1.54) is 25.7 Å². The first-order valence-corrected chi connectivity index (χ1v) is 9.81. The van der Waals surface area contributed by atoms with E-state index in [0.29, 0.717) is 12.5 Å². The van der Waals surface area contributed by atoms with Gasteiger partial charge in [-0.2, -0.15) is 0 Å². The minimum Gasteiger partial charge on any atom is -0.481 e. The molecule has 3 fully saturated rings. The quantitative estimate of drug-likeness (QED) is 0.908. The summed E-state index contributed by atoms with van der Waals surface area (Å²) in [5.74, 6) is -0.376. The van der Waals surface area contributed by atoms with Crippen LogP contribution in [0.1, 0.15) is 71.2 Å². The van der Waals surface area contributed by atoms with Crippen molar-refractivity contribution in [2.24, 2.45) is 11.3 Å². The van der Waals surface area contributed by atoms with Crippen molar-refractivity contribution >= 4 is 23.2 Å². The molecule has 1 aromatic heterocycles. The number of nitrogens with zero attached hydrogens (tertiary/aromatic N) is 2. The van der Waals surface area contributed by atoms with E-state index in [9.17, 15) is 14.7 Å². The van der Waals surface area contributed by atoms with Crippen molar-refractivity contribution in [2.75, 3.05) is 13.1 Å². The topological polar surface area (TPSA) is 70.5 Å². The molecule has 1 spiro atoms. The Bertz CT molecular complexity index is 680. The van der Waals surface area contributed by atoms with Crippen molar-refractivity contribution in [1.29, 1.82) is 0 Å². The van der Waals surface area contributed by atoms with E-state index >= 15 is 0 Å². The van der Waals surface area contributed by atoms with Gasteiger partial charge >= 0.3 is 5.97 Å². The smallest absolute Gasteiger partial charge is 0.307 e. The lowest BCUT2D eigenvalue weighted by Crippen LogP contribution is -2.42. The molecule has 0 aromatic carbocycles. The maximum absolute atomic E-state index is 13.0. The van der Waals surface area contributed by atoms with Gasteiger partial charge in [-0.05, 0) is 39.0 Å². The normalized spacial score (nSPS) is 30.0. The molecule has 1 amide bonds. The van der Waals surface area contributed by atoms with Crippen molar-refractivity contribution in [3.63, 3.8) is 0 Å². The fraction of sp³-hybridized carbons (Fsp3) is 0.722. The molecule has 2 unspecified atom stereocenters. The van der Waals surface area contributed by atoms with Crippen molar-refractivity contribution in [1.82, 2.24) is 9.88 Å². The first-order valence-electron chi connectivity index (χ1n) is 8.99. The number of carbonyl (C=O) groups excluding carboxylic acids is 1. The second kappa shape index (κ2) is 5.83. The number of carboxylic acids is 1. The Morgan fingerprint density at radius 1 is 1.29 bits per heavy atom. The summed E-state index contributed by atoms with van der Waals surface area (Å²) in [7, 11) is 0. The molecule has 1 aromatic rings. The van der Waals surface area contributed by atoms with E-state index in [4.69, 9.17) is 0 Å². The number of likely N-dealkylation sites (tertiary alicyclic amines) is 1. The van der Waals surface area contributed by atoms with Gasteiger partial charge in [-0.3, -0.25) is 9.59 Å². The lowest BCUT2D eigenvalue weighted by molar-refractivity contribution is -0.139. The minimum atomic E-state index is -0.707. The lowest BCUT2D eigenvalue weighted by atomic mass is 9.92. The number of aryl methyl sites for hydroxylation is 1. The molecule has 3 aliphatic rings. The van der Waals surface area contributed by atoms with Crippen LogP contribution in [0.25, 0.3) is 0 Å². The molecule has 1 saturated heterocycles. The number of thiazole rings is 1. The van der Waals surface area contributed by atoms with Crippen LogP contribution in [0, 0.1) is 18.3 Å². The van der Waals surface area contributed by atoms with Gasteiger partial charge in [0.1, 0.15) is 4.88 Å². The lowest BCUT2D eigenvalue weighted by Gasteiger charge is -2.33. The standard InChI is InChI=1S/C18H24N2O3S/c1-11-14(24-15(19-11)12-5-2-3-6-12)16(21)20-8-4-7-18(10-20)9-13(18)17(22)23/h12-13H,2-10H2,1H3,(H,22,23). The van der Waals surface area contributed by atoms with Crippen LogP contribution in [-0.4, -0.2) is 40.0 Å². The number of amides is 1. The summed E-state index contributed by atoms with van der Waals surface area (Å²) in [5, 5.41) is 10.4. The van der Waals surface area contributed by atoms with Gasteiger partial charge in [0.2, 0.25) is 0 Å². The Labute approximate surface area is 146 Å². The highest BCUT2D eigenvalue weighted by Gasteiger charge is 2.60. The third-order valence-electron chi connectivity index (χ3n) is 6.10. The van der Waals surface area contributed by atoms with Gasteiger partial charge in [-0.1, -0.05) is 12.8 Å². The molecule has 24 heavy (non-hydrogen) atoms. The van der Waals surface area contributed by atoms with E-state index in [0.717, 1.165) is 41.4 Å². The third-order valence-corrected chi connectivity index (χ3v) is 7.40.